The number of aliphatic imine (C=N–C) groups is 1. The summed E-state index contributed by atoms with van der Waals surface area (Å²) in [5.41, 5.74) is 0. The molecule has 1 N–H and O–H groups in total. The maximum atomic E-state index is 5.47. The van der Waals surface area contributed by atoms with E-state index in [-0.39, 0.29) is 24.0 Å². The summed E-state index contributed by atoms with van der Waals surface area (Å²) in [6.45, 7) is 11.9. The zero-order valence-corrected chi connectivity index (χ0v) is 18.4. The molecule has 3 rings (SSSR count). The first-order valence-corrected chi connectivity index (χ1v) is 9.90. The van der Waals surface area contributed by atoms with Gasteiger partial charge in [-0.05, 0) is 19.8 Å². The molecule has 1 unspecified atom stereocenters. The van der Waals surface area contributed by atoms with Gasteiger partial charge in [0.05, 0.1) is 19.8 Å². The van der Waals surface area contributed by atoms with Crippen molar-refractivity contribution in [2.75, 3.05) is 45.9 Å². The molecule has 0 aromatic carbocycles. The standard InChI is InChI=1S/C17H29N5OS.HI/c1-3-15-11-19-16(24-15)12-20-17(18-4-2)22-6-5-14(13-22)21-7-9-23-10-8-21;/h11,14H,3-10,12-13H2,1-2H3,(H,18,20);1H. The van der Waals surface area contributed by atoms with Crippen molar-refractivity contribution >= 4 is 41.3 Å². The van der Waals surface area contributed by atoms with E-state index in [1.165, 1.54) is 11.3 Å². The summed E-state index contributed by atoms with van der Waals surface area (Å²) < 4.78 is 5.47. The van der Waals surface area contributed by atoms with E-state index in [0.717, 1.165) is 63.3 Å². The third kappa shape index (κ3) is 5.77. The maximum absolute atomic E-state index is 5.47. The van der Waals surface area contributed by atoms with Gasteiger partial charge in [0.25, 0.3) is 0 Å². The molecule has 0 radical (unpaired) electrons. The molecule has 2 fully saturated rings. The molecule has 0 bridgehead atoms. The molecule has 25 heavy (non-hydrogen) atoms. The predicted octanol–water partition coefficient (Wildman–Crippen LogP) is 2.20. The maximum Gasteiger partial charge on any atom is 0.194 e. The molecule has 1 aromatic heterocycles. The van der Waals surface area contributed by atoms with Gasteiger partial charge in [-0.1, -0.05) is 6.92 Å². The summed E-state index contributed by atoms with van der Waals surface area (Å²) in [5.74, 6) is 1.03. The van der Waals surface area contributed by atoms with Crippen LogP contribution in [0.2, 0.25) is 0 Å². The number of hydrogen-bond acceptors (Lipinski definition) is 5. The number of aromatic nitrogens is 1. The minimum Gasteiger partial charge on any atom is -0.379 e. The quantitative estimate of drug-likeness (QED) is 0.399. The van der Waals surface area contributed by atoms with Gasteiger partial charge in [0.2, 0.25) is 0 Å². The monoisotopic (exact) mass is 479 g/mol. The summed E-state index contributed by atoms with van der Waals surface area (Å²) in [7, 11) is 0. The highest BCUT2D eigenvalue weighted by Crippen LogP contribution is 2.18. The molecule has 1 atom stereocenters. The highest BCUT2D eigenvalue weighted by Gasteiger charge is 2.30. The van der Waals surface area contributed by atoms with Gasteiger partial charge in [-0.15, -0.1) is 35.3 Å². The lowest BCUT2D eigenvalue weighted by Crippen LogP contribution is -2.46. The lowest BCUT2D eigenvalue weighted by atomic mass is 10.2. The van der Waals surface area contributed by atoms with E-state index in [0.29, 0.717) is 12.6 Å². The van der Waals surface area contributed by atoms with Crippen LogP contribution in [0.3, 0.4) is 0 Å². The average Bonchev–Trinajstić information content (AvgIpc) is 3.29. The minimum atomic E-state index is 0. The topological polar surface area (TPSA) is 53.0 Å². The fourth-order valence-electron chi connectivity index (χ4n) is 3.33. The number of aryl methyl sites for hydroxylation is 1. The zero-order chi connectivity index (χ0) is 16.8. The second-order valence-electron chi connectivity index (χ2n) is 6.28. The Balaban J connectivity index is 0.00000225. The lowest BCUT2D eigenvalue weighted by molar-refractivity contribution is 0.0195. The highest BCUT2D eigenvalue weighted by atomic mass is 127. The molecule has 2 saturated heterocycles. The molecule has 0 saturated carbocycles. The van der Waals surface area contributed by atoms with Gasteiger partial charge in [-0.2, -0.15) is 0 Å². The largest absolute Gasteiger partial charge is 0.379 e. The van der Waals surface area contributed by atoms with Crippen molar-refractivity contribution in [1.82, 2.24) is 20.1 Å². The molecule has 6 nitrogen and oxygen atoms in total. The molecule has 2 aliphatic rings. The minimum absolute atomic E-state index is 0. The molecule has 0 amide bonds. The summed E-state index contributed by atoms with van der Waals surface area (Å²) >= 11 is 1.77. The van der Waals surface area contributed by atoms with Gasteiger partial charge in [0.1, 0.15) is 5.01 Å². The fourth-order valence-corrected chi connectivity index (χ4v) is 4.11. The Labute approximate surface area is 172 Å². The van der Waals surface area contributed by atoms with E-state index in [1.807, 2.05) is 6.20 Å². The van der Waals surface area contributed by atoms with Crippen LogP contribution in [0.1, 0.15) is 30.2 Å². The lowest BCUT2D eigenvalue weighted by Gasteiger charge is -2.32. The summed E-state index contributed by atoms with van der Waals surface area (Å²) in [6.07, 6.45) is 4.24. The number of hydrogen-bond donors (Lipinski definition) is 1. The number of thiazole rings is 1. The number of nitrogens with one attached hydrogen (secondary N) is 1. The van der Waals surface area contributed by atoms with E-state index in [9.17, 15) is 0 Å². The van der Waals surface area contributed by atoms with E-state index < -0.39 is 0 Å². The second-order valence-corrected chi connectivity index (χ2v) is 7.48. The third-order valence-corrected chi connectivity index (χ3v) is 5.80. The zero-order valence-electron chi connectivity index (χ0n) is 15.2. The number of ether oxygens (including phenoxy) is 1. The Morgan fingerprint density at radius 3 is 2.84 bits per heavy atom. The number of nitrogens with zero attached hydrogens (tertiary/aromatic N) is 4. The van der Waals surface area contributed by atoms with Crippen molar-refractivity contribution < 1.29 is 4.74 Å². The SMILES string of the molecule is CCNC(=NCc1ncc(CC)s1)N1CCC(N2CCOCC2)C1.I. The molecular weight excluding hydrogens is 449 g/mol. The van der Waals surface area contributed by atoms with Crippen LogP contribution in [0.4, 0.5) is 0 Å². The Hall–Kier alpha value is -0.450. The summed E-state index contributed by atoms with van der Waals surface area (Å²) in [6, 6.07) is 0.629. The van der Waals surface area contributed by atoms with E-state index in [2.05, 4.69) is 33.9 Å². The number of guanidine groups is 1. The summed E-state index contributed by atoms with van der Waals surface area (Å²) in [5, 5.41) is 4.55. The van der Waals surface area contributed by atoms with Crippen LogP contribution in [-0.2, 0) is 17.7 Å². The van der Waals surface area contributed by atoms with Crippen LogP contribution in [0.5, 0.6) is 0 Å². The van der Waals surface area contributed by atoms with Crippen molar-refractivity contribution in [3.8, 4) is 0 Å². The van der Waals surface area contributed by atoms with Gasteiger partial charge >= 0.3 is 0 Å². The van der Waals surface area contributed by atoms with Crippen LogP contribution in [-0.4, -0.2) is 72.7 Å². The number of halogens is 1. The first-order chi connectivity index (χ1) is 11.8. The first-order valence-electron chi connectivity index (χ1n) is 9.08. The van der Waals surface area contributed by atoms with Crippen molar-refractivity contribution in [2.45, 2.75) is 39.3 Å². The van der Waals surface area contributed by atoms with Crippen LogP contribution in [0.25, 0.3) is 0 Å². The Bertz CT molecular complexity index is 547. The van der Waals surface area contributed by atoms with Crippen LogP contribution >= 0.6 is 35.3 Å². The number of morpholine rings is 1. The molecule has 2 aliphatic heterocycles. The van der Waals surface area contributed by atoms with Crippen molar-refractivity contribution in [2.24, 2.45) is 4.99 Å². The predicted molar refractivity (Wildman–Crippen MR) is 114 cm³/mol. The van der Waals surface area contributed by atoms with Gasteiger partial charge < -0.3 is 15.0 Å². The van der Waals surface area contributed by atoms with Gasteiger partial charge in [-0.3, -0.25) is 4.90 Å². The summed E-state index contributed by atoms with van der Waals surface area (Å²) in [4.78, 5) is 15.6. The Kier molecular flexibility index (Phi) is 8.88. The van der Waals surface area contributed by atoms with E-state index in [1.54, 1.807) is 11.3 Å². The Morgan fingerprint density at radius 2 is 2.16 bits per heavy atom. The van der Waals surface area contributed by atoms with E-state index >= 15 is 0 Å². The smallest absolute Gasteiger partial charge is 0.194 e. The van der Waals surface area contributed by atoms with E-state index in [4.69, 9.17) is 9.73 Å². The van der Waals surface area contributed by atoms with Crippen molar-refractivity contribution in [3.63, 3.8) is 0 Å². The molecule has 142 valence electrons. The number of rotatable bonds is 5. The molecular formula is C17H30IN5OS. The Morgan fingerprint density at radius 1 is 1.36 bits per heavy atom. The molecule has 1 aromatic rings. The molecule has 0 spiro atoms. The van der Waals surface area contributed by atoms with Crippen molar-refractivity contribution in [3.05, 3.63) is 16.1 Å². The average molecular weight is 479 g/mol. The second kappa shape index (κ2) is 10.6. The normalized spacial score (nSPS) is 22.1. The van der Waals surface area contributed by atoms with Gasteiger partial charge in [0.15, 0.2) is 5.96 Å². The first kappa shape index (κ1) is 20.9. The van der Waals surface area contributed by atoms with Crippen LogP contribution in [0, 0.1) is 0 Å². The van der Waals surface area contributed by atoms with Gasteiger partial charge in [0, 0.05) is 49.8 Å². The third-order valence-electron chi connectivity index (χ3n) is 4.67. The van der Waals surface area contributed by atoms with Gasteiger partial charge in [-0.25, -0.2) is 9.98 Å². The molecule has 3 heterocycles. The van der Waals surface area contributed by atoms with Crippen LogP contribution in [0.15, 0.2) is 11.2 Å². The van der Waals surface area contributed by atoms with Crippen LogP contribution < -0.4 is 5.32 Å². The fraction of sp³-hybridized carbons (Fsp3) is 0.765. The molecule has 8 heteroatoms. The highest BCUT2D eigenvalue weighted by molar-refractivity contribution is 14.0. The number of likely N-dealkylation sites (tertiary alicyclic amines) is 1. The molecule has 0 aliphatic carbocycles. The van der Waals surface area contributed by atoms with Crippen molar-refractivity contribution in [1.29, 1.82) is 0 Å².